The maximum atomic E-state index is 12.4. The number of esters is 1. The van der Waals surface area contributed by atoms with E-state index in [-0.39, 0.29) is 17.6 Å². The second-order valence-electron chi connectivity index (χ2n) is 7.65. The number of benzene rings is 2. The number of rotatable bonds is 6. The van der Waals surface area contributed by atoms with Gasteiger partial charge in [-0.3, -0.25) is 4.79 Å². The SMILES string of the molecule is C=C1CC2COC(=O)C2(Cc2ccc(OCCc3ccccc3)c(O)c2)C1. The van der Waals surface area contributed by atoms with Crippen molar-refractivity contribution in [3.63, 3.8) is 0 Å². The average Bonchev–Trinajstić information content (AvgIpc) is 3.12. The van der Waals surface area contributed by atoms with Gasteiger partial charge in [-0.2, -0.15) is 0 Å². The smallest absolute Gasteiger partial charge is 0.313 e. The Balaban J connectivity index is 1.42. The van der Waals surface area contributed by atoms with E-state index in [0.717, 1.165) is 24.0 Å². The fourth-order valence-corrected chi connectivity index (χ4v) is 4.35. The van der Waals surface area contributed by atoms with E-state index in [1.807, 2.05) is 24.3 Å². The van der Waals surface area contributed by atoms with Gasteiger partial charge in [0.1, 0.15) is 0 Å². The monoisotopic (exact) mass is 364 g/mol. The summed E-state index contributed by atoms with van der Waals surface area (Å²) >= 11 is 0. The van der Waals surface area contributed by atoms with E-state index < -0.39 is 5.41 Å². The molecule has 0 radical (unpaired) electrons. The predicted octanol–water partition coefficient (Wildman–Crippen LogP) is 4.07. The zero-order valence-electron chi connectivity index (χ0n) is 15.3. The summed E-state index contributed by atoms with van der Waals surface area (Å²) in [6.45, 7) is 5.04. The molecule has 4 heteroatoms. The Morgan fingerprint density at radius 1 is 1.19 bits per heavy atom. The molecule has 1 aliphatic carbocycles. The highest BCUT2D eigenvalue weighted by Crippen LogP contribution is 2.52. The number of hydrogen-bond donors (Lipinski definition) is 1. The first-order valence-corrected chi connectivity index (χ1v) is 9.39. The molecular weight excluding hydrogens is 340 g/mol. The minimum Gasteiger partial charge on any atom is -0.504 e. The number of cyclic esters (lactones) is 1. The van der Waals surface area contributed by atoms with Gasteiger partial charge in [-0.15, -0.1) is 0 Å². The molecular formula is C23H24O4. The van der Waals surface area contributed by atoms with Crippen LogP contribution in [0.2, 0.25) is 0 Å². The molecule has 1 saturated carbocycles. The van der Waals surface area contributed by atoms with Crippen molar-refractivity contribution in [3.8, 4) is 11.5 Å². The van der Waals surface area contributed by atoms with Crippen LogP contribution in [0.1, 0.15) is 24.0 Å². The standard InChI is InChI=1S/C23H24O4/c1-16-11-19-15-27-22(25)23(19,13-16)14-18-7-8-21(20(24)12-18)26-10-9-17-5-3-2-4-6-17/h2-8,12,19,24H,1,9-11,13-15H2. The van der Waals surface area contributed by atoms with Gasteiger partial charge in [-0.05, 0) is 42.5 Å². The lowest BCUT2D eigenvalue weighted by Gasteiger charge is -2.24. The molecule has 4 rings (SSSR count). The highest BCUT2D eigenvalue weighted by Gasteiger charge is 2.55. The van der Waals surface area contributed by atoms with Gasteiger partial charge in [0.2, 0.25) is 0 Å². The Bertz CT molecular complexity index is 858. The van der Waals surface area contributed by atoms with Gasteiger partial charge in [-0.25, -0.2) is 0 Å². The summed E-state index contributed by atoms with van der Waals surface area (Å²) in [5.74, 6) is 0.639. The lowest BCUT2D eigenvalue weighted by molar-refractivity contribution is -0.146. The van der Waals surface area contributed by atoms with Crippen LogP contribution in [0.15, 0.2) is 60.7 Å². The number of hydrogen-bond acceptors (Lipinski definition) is 4. The van der Waals surface area contributed by atoms with E-state index >= 15 is 0 Å². The third-order valence-electron chi connectivity index (χ3n) is 5.74. The Morgan fingerprint density at radius 3 is 2.78 bits per heavy atom. The first-order valence-electron chi connectivity index (χ1n) is 9.39. The first kappa shape index (κ1) is 17.7. The molecule has 4 nitrogen and oxygen atoms in total. The fourth-order valence-electron chi connectivity index (χ4n) is 4.35. The summed E-state index contributed by atoms with van der Waals surface area (Å²) < 4.78 is 11.1. The van der Waals surface area contributed by atoms with E-state index in [1.165, 1.54) is 5.56 Å². The van der Waals surface area contributed by atoms with Crippen molar-refractivity contribution in [2.24, 2.45) is 11.3 Å². The molecule has 1 heterocycles. The molecule has 140 valence electrons. The van der Waals surface area contributed by atoms with Gasteiger partial charge in [0.25, 0.3) is 0 Å². The molecule has 0 bridgehead atoms. The molecule has 0 aromatic heterocycles. The van der Waals surface area contributed by atoms with Crippen molar-refractivity contribution in [1.29, 1.82) is 0 Å². The minimum absolute atomic E-state index is 0.108. The number of phenolic OH excluding ortho intramolecular Hbond substituents is 1. The second-order valence-corrected chi connectivity index (χ2v) is 7.65. The van der Waals surface area contributed by atoms with Crippen LogP contribution in [0.3, 0.4) is 0 Å². The Labute approximate surface area is 159 Å². The fraction of sp³-hybridized carbons (Fsp3) is 0.348. The first-order chi connectivity index (χ1) is 13.1. The van der Waals surface area contributed by atoms with Crippen LogP contribution in [0.4, 0.5) is 0 Å². The van der Waals surface area contributed by atoms with Gasteiger partial charge in [0.15, 0.2) is 11.5 Å². The lowest BCUT2D eigenvalue weighted by Crippen LogP contribution is -2.31. The molecule has 2 fully saturated rings. The third-order valence-corrected chi connectivity index (χ3v) is 5.74. The van der Waals surface area contributed by atoms with Crippen molar-refractivity contribution in [1.82, 2.24) is 0 Å². The van der Waals surface area contributed by atoms with Crippen LogP contribution >= 0.6 is 0 Å². The molecule has 2 aromatic rings. The zero-order chi connectivity index (χ0) is 18.9. The van der Waals surface area contributed by atoms with Crippen molar-refractivity contribution in [2.75, 3.05) is 13.2 Å². The lowest BCUT2D eigenvalue weighted by atomic mass is 9.75. The topological polar surface area (TPSA) is 55.8 Å². The summed E-state index contributed by atoms with van der Waals surface area (Å²) in [7, 11) is 0. The average molecular weight is 364 g/mol. The number of aromatic hydroxyl groups is 1. The minimum atomic E-state index is -0.515. The molecule has 27 heavy (non-hydrogen) atoms. The second kappa shape index (κ2) is 7.10. The number of carbonyl (C=O) groups is 1. The molecule has 1 aliphatic heterocycles. The van der Waals surface area contributed by atoms with Gasteiger partial charge in [-0.1, -0.05) is 48.6 Å². The number of allylic oxidation sites excluding steroid dienone is 1. The van der Waals surface area contributed by atoms with Crippen molar-refractivity contribution in [3.05, 3.63) is 71.8 Å². The number of carbonyl (C=O) groups excluding carboxylic acids is 1. The van der Waals surface area contributed by atoms with E-state index in [9.17, 15) is 9.90 Å². The molecule has 0 amide bonds. The number of ether oxygens (including phenoxy) is 2. The summed E-state index contributed by atoms with van der Waals surface area (Å²) in [6.07, 6.45) is 2.86. The maximum absolute atomic E-state index is 12.4. The van der Waals surface area contributed by atoms with Gasteiger partial charge < -0.3 is 14.6 Å². The van der Waals surface area contributed by atoms with Crippen LogP contribution in [0.25, 0.3) is 0 Å². The Kier molecular flexibility index (Phi) is 4.65. The summed E-state index contributed by atoms with van der Waals surface area (Å²) in [5, 5.41) is 10.4. The van der Waals surface area contributed by atoms with E-state index in [0.29, 0.717) is 31.8 Å². The quantitative estimate of drug-likeness (QED) is 0.620. The molecule has 2 atom stereocenters. The van der Waals surface area contributed by atoms with Gasteiger partial charge >= 0.3 is 5.97 Å². The highest BCUT2D eigenvalue weighted by molar-refractivity contribution is 5.81. The van der Waals surface area contributed by atoms with Gasteiger partial charge in [0, 0.05) is 12.3 Å². The number of phenols is 1. The third kappa shape index (κ3) is 3.44. The Morgan fingerprint density at radius 2 is 2.00 bits per heavy atom. The molecule has 1 N–H and O–H groups in total. The van der Waals surface area contributed by atoms with Crippen LogP contribution in [-0.4, -0.2) is 24.3 Å². The summed E-state index contributed by atoms with van der Waals surface area (Å²) in [5.41, 5.74) is 2.71. The van der Waals surface area contributed by atoms with Crippen LogP contribution < -0.4 is 4.74 Å². The van der Waals surface area contributed by atoms with Crippen molar-refractivity contribution < 1.29 is 19.4 Å². The normalized spacial score (nSPS) is 23.9. The van der Waals surface area contributed by atoms with Crippen LogP contribution in [0, 0.1) is 11.3 Å². The van der Waals surface area contributed by atoms with Gasteiger partial charge in [0.05, 0.1) is 18.6 Å². The zero-order valence-corrected chi connectivity index (χ0v) is 15.3. The van der Waals surface area contributed by atoms with Crippen LogP contribution in [-0.2, 0) is 22.4 Å². The van der Waals surface area contributed by atoms with Crippen LogP contribution in [0.5, 0.6) is 11.5 Å². The molecule has 2 aromatic carbocycles. The van der Waals surface area contributed by atoms with E-state index in [1.54, 1.807) is 12.1 Å². The highest BCUT2D eigenvalue weighted by atomic mass is 16.5. The molecule has 2 unspecified atom stereocenters. The molecule has 1 saturated heterocycles. The largest absolute Gasteiger partial charge is 0.504 e. The maximum Gasteiger partial charge on any atom is 0.313 e. The molecule has 2 aliphatic rings. The number of fused-ring (bicyclic) bond motifs is 1. The Hall–Kier alpha value is -2.75. The van der Waals surface area contributed by atoms with E-state index in [2.05, 4.69) is 18.7 Å². The van der Waals surface area contributed by atoms with Crippen molar-refractivity contribution in [2.45, 2.75) is 25.7 Å². The predicted molar refractivity (Wildman–Crippen MR) is 103 cm³/mol. The summed E-state index contributed by atoms with van der Waals surface area (Å²) in [4.78, 5) is 12.4. The molecule has 0 spiro atoms. The van der Waals surface area contributed by atoms with Crippen molar-refractivity contribution >= 4 is 5.97 Å². The van der Waals surface area contributed by atoms with E-state index in [4.69, 9.17) is 9.47 Å². The summed E-state index contributed by atoms with van der Waals surface area (Å²) in [6, 6.07) is 15.5.